The van der Waals surface area contributed by atoms with Crippen molar-refractivity contribution in [2.45, 2.75) is 49.1 Å². The Balaban J connectivity index is 2.32. The second kappa shape index (κ2) is 8.12. The molecule has 32 heavy (non-hydrogen) atoms. The van der Waals surface area contributed by atoms with Crippen LogP contribution in [0.5, 0.6) is 0 Å². The summed E-state index contributed by atoms with van der Waals surface area (Å²) < 4.78 is 144. The lowest BCUT2D eigenvalue weighted by molar-refractivity contribution is -0.382. The van der Waals surface area contributed by atoms with Crippen LogP contribution < -0.4 is 0 Å². The number of hydrogen-bond donors (Lipinski definition) is 0. The first-order valence-electron chi connectivity index (χ1n) is 8.40. The normalized spacial score (nSPS) is 18.5. The van der Waals surface area contributed by atoms with Gasteiger partial charge in [0.25, 0.3) is 0 Å². The zero-order valence-corrected chi connectivity index (χ0v) is 16.5. The summed E-state index contributed by atoms with van der Waals surface area (Å²) in [6.45, 7) is 0.936. The maximum absolute atomic E-state index is 13.8. The van der Waals surface area contributed by atoms with Gasteiger partial charge in [-0.05, 0) is 12.0 Å². The number of rotatable bonds is 6. The third kappa shape index (κ3) is 4.36. The van der Waals surface area contributed by atoms with Crippen LogP contribution in [0.25, 0.3) is 0 Å². The lowest BCUT2D eigenvalue weighted by Gasteiger charge is -2.32. The molecule has 0 N–H and O–H groups in total. The molecule has 0 aliphatic carbocycles. The average molecular weight is 500 g/mol. The summed E-state index contributed by atoms with van der Waals surface area (Å²) in [5.74, 6) is -17.0. The molecule has 1 amide bonds. The van der Waals surface area contributed by atoms with Crippen LogP contribution in [0.3, 0.4) is 0 Å². The van der Waals surface area contributed by atoms with Crippen molar-refractivity contribution in [3.63, 3.8) is 0 Å². The standard InChI is InChI=1S/C16H13F9N2O4S/c1-9(28)27-11(7-10-5-3-2-4-6-10)8-12(26-27)31-32(29,30)16(24,25)14(19,20)13(17,18)15(21,22)23/h2-6,11H,7-8H2,1H3. The summed E-state index contributed by atoms with van der Waals surface area (Å²) >= 11 is 0. The van der Waals surface area contributed by atoms with E-state index in [1.165, 1.54) is 0 Å². The lowest BCUT2D eigenvalue weighted by Crippen LogP contribution is -2.63. The van der Waals surface area contributed by atoms with Crippen molar-refractivity contribution >= 4 is 21.9 Å². The highest BCUT2D eigenvalue weighted by Crippen LogP contribution is 2.55. The maximum atomic E-state index is 13.8. The largest absolute Gasteiger partial charge is 0.460 e. The van der Waals surface area contributed by atoms with E-state index in [0.717, 1.165) is 6.92 Å². The van der Waals surface area contributed by atoms with Crippen LogP contribution in [0.2, 0.25) is 0 Å². The van der Waals surface area contributed by atoms with Gasteiger partial charge in [-0.2, -0.15) is 47.9 Å². The van der Waals surface area contributed by atoms with E-state index in [1.54, 1.807) is 30.3 Å². The SMILES string of the molecule is CC(=O)N1N=C(OS(=O)(=O)C(F)(F)C(F)(F)C(F)(F)C(F)(F)F)CC1Cc1ccccc1. The van der Waals surface area contributed by atoms with E-state index in [1.807, 2.05) is 0 Å². The quantitative estimate of drug-likeness (QED) is 0.438. The third-order valence-corrected chi connectivity index (χ3v) is 5.54. The molecule has 0 aromatic heterocycles. The Morgan fingerprint density at radius 1 is 1.03 bits per heavy atom. The molecule has 1 heterocycles. The number of hydrogen-bond acceptors (Lipinski definition) is 5. The molecule has 1 aromatic carbocycles. The number of alkyl halides is 9. The predicted molar refractivity (Wildman–Crippen MR) is 89.4 cm³/mol. The zero-order chi connectivity index (χ0) is 24.8. The summed E-state index contributed by atoms with van der Waals surface area (Å²) in [5, 5.41) is -3.16. The molecule has 2 rings (SSSR count). The predicted octanol–water partition coefficient (Wildman–Crippen LogP) is 3.94. The molecular formula is C16H13F9N2O4S. The molecule has 1 aliphatic rings. The summed E-state index contributed by atoms with van der Waals surface area (Å²) in [7, 11) is -7.12. The Kier molecular flexibility index (Phi) is 6.53. The van der Waals surface area contributed by atoms with Crippen molar-refractivity contribution in [1.82, 2.24) is 5.01 Å². The van der Waals surface area contributed by atoms with E-state index in [4.69, 9.17) is 0 Å². The molecule has 6 nitrogen and oxygen atoms in total. The Labute approximate surface area is 174 Å². The zero-order valence-electron chi connectivity index (χ0n) is 15.7. The average Bonchev–Trinajstić information content (AvgIpc) is 3.02. The smallest absolute Gasteiger partial charge is 0.360 e. The van der Waals surface area contributed by atoms with Crippen LogP contribution in [-0.4, -0.2) is 54.5 Å². The number of benzene rings is 1. The number of hydrazone groups is 1. The fraction of sp³-hybridized carbons (Fsp3) is 0.500. The number of carbonyl (C=O) groups is 1. The van der Waals surface area contributed by atoms with E-state index in [9.17, 15) is 52.7 Å². The van der Waals surface area contributed by atoms with Crippen LogP contribution >= 0.6 is 0 Å². The molecule has 0 radical (unpaired) electrons. The molecule has 1 aliphatic heterocycles. The van der Waals surface area contributed by atoms with Crippen LogP contribution in [0.15, 0.2) is 35.4 Å². The molecule has 0 saturated carbocycles. The number of carbonyl (C=O) groups excluding carboxylic acids is 1. The molecular weight excluding hydrogens is 487 g/mol. The molecule has 0 spiro atoms. The van der Waals surface area contributed by atoms with Crippen molar-refractivity contribution < 1.29 is 56.9 Å². The van der Waals surface area contributed by atoms with E-state index in [0.29, 0.717) is 10.6 Å². The minimum Gasteiger partial charge on any atom is -0.360 e. The Bertz CT molecular complexity index is 995. The molecule has 0 bridgehead atoms. The van der Waals surface area contributed by atoms with Gasteiger partial charge in [0.15, 0.2) is 0 Å². The number of halogens is 9. The number of nitrogens with zero attached hydrogens (tertiary/aromatic N) is 2. The minimum atomic E-state index is -7.43. The van der Waals surface area contributed by atoms with Crippen LogP contribution in [0.4, 0.5) is 39.5 Å². The second-order valence-corrected chi connectivity index (χ2v) is 8.19. The highest BCUT2D eigenvalue weighted by atomic mass is 32.2. The first-order chi connectivity index (χ1) is 14.3. The lowest BCUT2D eigenvalue weighted by atomic mass is 10.0. The van der Waals surface area contributed by atoms with Gasteiger partial charge in [0, 0.05) is 13.3 Å². The number of amides is 1. The first kappa shape index (κ1) is 25.7. The van der Waals surface area contributed by atoms with Crippen LogP contribution in [0.1, 0.15) is 18.9 Å². The van der Waals surface area contributed by atoms with Gasteiger partial charge in [-0.1, -0.05) is 30.3 Å². The van der Waals surface area contributed by atoms with Gasteiger partial charge in [-0.25, -0.2) is 5.01 Å². The van der Waals surface area contributed by atoms with Crippen molar-refractivity contribution in [1.29, 1.82) is 0 Å². The highest BCUT2D eigenvalue weighted by molar-refractivity contribution is 7.88. The van der Waals surface area contributed by atoms with Crippen LogP contribution in [0, 0.1) is 0 Å². The van der Waals surface area contributed by atoms with Crippen LogP contribution in [-0.2, 0) is 25.5 Å². The third-order valence-electron chi connectivity index (χ3n) is 4.25. The molecule has 1 atom stereocenters. The first-order valence-corrected chi connectivity index (χ1v) is 9.81. The fourth-order valence-electron chi connectivity index (χ4n) is 2.65. The van der Waals surface area contributed by atoms with E-state index >= 15 is 0 Å². The molecule has 1 unspecified atom stereocenters. The maximum Gasteiger partial charge on any atom is 0.460 e. The minimum absolute atomic E-state index is 0.0322. The van der Waals surface area contributed by atoms with Gasteiger partial charge in [0.2, 0.25) is 11.8 Å². The monoisotopic (exact) mass is 500 g/mol. The van der Waals surface area contributed by atoms with Gasteiger partial charge in [0.05, 0.1) is 6.04 Å². The van der Waals surface area contributed by atoms with Crippen molar-refractivity contribution in [2.75, 3.05) is 0 Å². The van der Waals surface area contributed by atoms with Gasteiger partial charge in [-0.3, -0.25) is 4.79 Å². The van der Waals surface area contributed by atoms with Gasteiger partial charge in [-0.15, -0.1) is 5.10 Å². The summed E-state index contributed by atoms with van der Waals surface area (Å²) in [5.41, 5.74) is 0.560. The summed E-state index contributed by atoms with van der Waals surface area (Å²) in [4.78, 5) is 11.7. The molecule has 0 fully saturated rings. The van der Waals surface area contributed by atoms with E-state index < -0.39 is 57.7 Å². The van der Waals surface area contributed by atoms with Gasteiger partial charge in [0.1, 0.15) is 0 Å². The van der Waals surface area contributed by atoms with Gasteiger partial charge < -0.3 is 4.18 Å². The second-order valence-electron chi connectivity index (χ2n) is 6.61. The fourth-order valence-corrected chi connectivity index (χ4v) is 3.55. The van der Waals surface area contributed by atoms with Crippen molar-refractivity contribution in [3.8, 4) is 0 Å². The molecule has 1 aromatic rings. The Morgan fingerprint density at radius 3 is 2.03 bits per heavy atom. The molecule has 0 saturated heterocycles. The van der Waals surface area contributed by atoms with E-state index in [2.05, 4.69) is 9.28 Å². The Morgan fingerprint density at radius 2 is 1.56 bits per heavy atom. The summed E-state index contributed by atoms with van der Waals surface area (Å²) in [6, 6.07) is 6.93. The summed E-state index contributed by atoms with van der Waals surface area (Å²) in [6.07, 6.45) is -7.97. The molecule has 16 heteroatoms. The van der Waals surface area contributed by atoms with Gasteiger partial charge >= 0.3 is 33.4 Å². The topological polar surface area (TPSA) is 76.0 Å². The highest BCUT2D eigenvalue weighted by Gasteiger charge is 2.86. The van der Waals surface area contributed by atoms with Crippen molar-refractivity contribution in [3.05, 3.63) is 35.9 Å². The van der Waals surface area contributed by atoms with Crippen molar-refractivity contribution in [2.24, 2.45) is 5.10 Å². The molecule has 180 valence electrons. The van der Waals surface area contributed by atoms with E-state index in [-0.39, 0.29) is 6.42 Å². The Hall–Kier alpha value is -2.52.